The zero-order valence-electron chi connectivity index (χ0n) is 12.0. The minimum atomic E-state index is -0.805. The summed E-state index contributed by atoms with van der Waals surface area (Å²) in [4.78, 5) is 4.43. The molecule has 0 unspecified atom stereocenters. The zero-order valence-corrected chi connectivity index (χ0v) is 12.0. The van der Waals surface area contributed by atoms with Gasteiger partial charge >= 0.3 is 0 Å². The molecule has 0 bridgehead atoms. The first-order valence-corrected chi connectivity index (χ1v) is 7.34. The van der Waals surface area contributed by atoms with Crippen molar-refractivity contribution in [3.8, 4) is 0 Å². The van der Waals surface area contributed by atoms with Crippen molar-refractivity contribution in [2.24, 2.45) is 0 Å². The molecule has 3 rings (SSSR count). The van der Waals surface area contributed by atoms with Crippen LogP contribution in [0.3, 0.4) is 0 Å². The lowest BCUT2D eigenvalue weighted by Gasteiger charge is -2.25. The number of imidazole rings is 1. The van der Waals surface area contributed by atoms with Gasteiger partial charge in [0, 0.05) is 37.4 Å². The maximum absolute atomic E-state index is 13.3. The predicted octanol–water partition coefficient (Wildman–Crippen LogP) is 3.39. The second kappa shape index (κ2) is 5.93. The van der Waals surface area contributed by atoms with Gasteiger partial charge in [-0.2, -0.15) is 0 Å². The lowest BCUT2D eigenvalue weighted by atomic mass is 9.98. The lowest BCUT2D eigenvalue weighted by Crippen LogP contribution is -2.28. The van der Waals surface area contributed by atoms with E-state index in [1.165, 1.54) is 12.1 Å². The van der Waals surface area contributed by atoms with Crippen molar-refractivity contribution < 1.29 is 8.78 Å². The van der Waals surface area contributed by atoms with E-state index in [1.807, 2.05) is 19.3 Å². The Kier molecular flexibility index (Phi) is 4.01. The van der Waals surface area contributed by atoms with E-state index in [0.29, 0.717) is 5.92 Å². The van der Waals surface area contributed by atoms with Crippen LogP contribution in [-0.2, 0) is 6.54 Å². The number of benzene rings is 1. The second-order valence-corrected chi connectivity index (χ2v) is 5.62. The van der Waals surface area contributed by atoms with Gasteiger partial charge in [-0.1, -0.05) is 6.07 Å². The predicted molar refractivity (Wildman–Crippen MR) is 77.0 cm³/mol. The van der Waals surface area contributed by atoms with Crippen molar-refractivity contribution in [1.82, 2.24) is 14.9 Å². The van der Waals surface area contributed by atoms with Gasteiger partial charge in [-0.15, -0.1) is 0 Å². The van der Waals surface area contributed by atoms with Crippen molar-refractivity contribution in [3.63, 3.8) is 0 Å². The van der Waals surface area contributed by atoms with Crippen LogP contribution in [0.1, 0.15) is 43.1 Å². The number of nitrogens with zero attached hydrogens (tertiary/aromatic N) is 2. The number of hydrogen-bond acceptors (Lipinski definition) is 2. The topological polar surface area (TPSA) is 29.9 Å². The van der Waals surface area contributed by atoms with Crippen molar-refractivity contribution >= 4 is 0 Å². The van der Waals surface area contributed by atoms with Crippen LogP contribution in [0, 0.1) is 11.6 Å². The molecule has 2 atom stereocenters. The number of aryl methyl sites for hydroxylation is 1. The first kappa shape index (κ1) is 14.2. The summed E-state index contributed by atoms with van der Waals surface area (Å²) in [5.41, 5.74) is 0.757. The molecule has 0 aliphatic carbocycles. The smallest absolute Gasteiger partial charge is 0.159 e. The molecular weight excluding hydrogens is 272 g/mol. The third-order valence-corrected chi connectivity index (χ3v) is 4.18. The van der Waals surface area contributed by atoms with E-state index in [9.17, 15) is 8.78 Å². The Morgan fingerprint density at radius 3 is 3.05 bits per heavy atom. The molecule has 2 heterocycles. The van der Waals surface area contributed by atoms with Gasteiger partial charge < -0.3 is 9.88 Å². The summed E-state index contributed by atoms with van der Waals surface area (Å²) < 4.78 is 28.4. The molecule has 3 nitrogen and oxygen atoms in total. The highest BCUT2D eigenvalue weighted by Gasteiger charge is 2.21. The van der Waals surface area contributed by atoms with Crippen LogP contribution >= 0.6 is 0 Å². The number of nitrogens with one attached hydrogen (secondary N) is 1. The molecule has 0 saturated carbocycles. The van der Waals surface area contributed by atoms with E-state index in [4.69, 9.17) is 0 Å². The van der Waals surface area contributed by atoms with Gasteiger partial charge in [0.05, 0.1) is 0 Å². The van der Waals surface area contributed by atoms with E-state index in [-0.39, 0.29) is 6.04 Å². The monoisotopic (exact) mass is 291 g/mol. The van der Waals surface area contributed by atoms with Gasteiger partial charge in [0.15, 0.2) is 11.6 Å². The first-order chi connectivity index (χ1) is 10.1. The summed E-state index contributed by atoms with van der Waals surface area (Å²) in [6.45, 7) is 3.78. The Morgan fingerprint density at radius 2 is 2.24 bits per heavy atom. The van der Waals surface area contributed by atoms with Gasteiger partial charge in [0.2, 0.25) is 0 Å². The zero-order chi connectivity index (χ0) is 14.8. The van der Waals surface area contributed by atoms with Crippen molar-refractivity contribution in [2.45, 2.75) is 38.3 Å². The number of rotatable bonds is 4. The summed E-state index contributed by atoms with van der Waals surface area (Å²) in [6, 6.07) is 4.04. The third kappa shape index (κ3) is 2.97. The van der Waals surface area contributed by atoms with Gasteiger partial charge in [0.25, 0.3) is 0 Å². The quantitative estimate of drug-likeness (QED) is 0.935. The molecule has 1 aliphatic heterocycles. The van der Waals surface area contributed by atoms with Gasteiger partial charge in [-0.25, -0.2) is 13.8 Å². The molecule has 112 valence electrons. The summed E-state index contributed by atoms with van der Waals surface area (Å²) >= 11 is 0. The second-order valence-electron chi connectivity index (χ2n) is 5.62. The lowest BCUT2D eigenvalue weighted by molar-refractivity contribution is 0.407. The molecule has 0 fully saturated rings. The molecule has 1 N–H and O–H groups in total. The van der Waals surface area contributed by atoms with E-state index < -0.39 is 11.6 Å². The summed E-state index contributed by atoms with van der Waals surface area (Å²) in [5.74, 6) is -0.109. The van der Waals surface area contributed by atoms with Crippen LogP contribution in [0.25, 0.3) is 0 Å². The van der Waals surface area contributed by atoms with Crippen LogP contribution in [-0.4, -0.2) is 16.1 Å². The molecular formula is C16H19F2N3. The molecule has 5 heteroatoms. The highest BCUT2D eigenvalue weighted by atomic mass is 19.2. The SMILES string of the molecule is C[C@@H](NC[C@@H]1CCCn2ccnc21)c1ccc(F)c(F)c1. The molecule has 21 heavy (non-hydrogen) atoms. The minimum absolute atomic E-state index is 0.0227. The molecule has 1 aromatic carbocycles. The fourth-order valence-electron chi connectivity index (χ4n) is 2.92. The summed E-state index contributed by atoms with van der Waals surface area (Å²) in [7, 11) is 0. The molecule has 1 aliphatic rings. The van der Waals surface area contributed by atoms with Crippen molar-refractivity contribution in [2.75, 3.05) is 6.54 Å². The van der Waals surface area contributed by atoms with Crippen LogP contribution in [0.4, 0.5) is 8.78 Å². The molecule has 0 saturated heterocycles. The van der Waals surface area contributed by atoms with Gasteiger partial charge in [-0.3, -0.25) is 0 Å². The maximum Gasteiger partial charge on any atom is 0.159 e. The fraction of sp³-hybridized carbons (Fsp3) is 0.438. The highest BCUT2D eigenvalue weighted by Crippen LogP contribution is 2.26. The fourth-order valence-corrected chi connectivity index (χ4v) is 2.92. The summed E-state index contributed by atoms with van der Waals surface area (Å²) in [6.07, 6.45) is 6.11. The number of hydrogen-bond donors (Lipinski definition) is 1. The Labute approximate surface area is 123 Å². The molecule has 2 aromatic rings. The third-order valence-electron chi connectivity index (χ3n) is 4.18. The number of halogens is 2. The normalized spacial score (nSPS) is 19.3. The summed E-state index contributed by atoms with van der Waals surface area (Å²) in [5, 5.41) is 3.40. The van der Waals surface area contributed by atoms with E-state index >= 15 is 0 Å². The Hall–Kier alpha value is -1.75. The van der Waals surface area contributed by atoms with E-state index in [0.717, 1.165) is 37.3 Å². The number of fused-ring (bicyclic) bond motifs is 1. The van der Waals surface area contributed by atoms with Crippen LogP contribution in [0.2, 0.25) is 0 Å². The maximum atomic E-state index is 13.3. The first-order valence-electron chi connectivity index (χ1n) is 7.34. The Balaban J connectivity index is 1.64. The minimum Gasteiger partial charge on any atom is -0.335 e. The van der Waals surface area contributed by atoms with Crippen molar-refractivity contribution in [3.05, 3.63) is 53.6 Å². The van der Waals surface area contributed by atoms with Crippen LogP contribution in [0.15, 0.2) is 30.6 Å². The molecule has 0 spiro atoms. The Bertz CT molecular complexity index is 624. The van der Waals surface area contributed by atoms with E-state index in [2.05, 4.69) is 14.9 Å². The highest BCUT2D eigenvalue weighted by molar-refractivity contribution is 5.21. The molecule has 0 amide bonds. The Morgan fingerprint density at radius 1 is 1.38 bits per heavy atom. The molecule has 1 aromatic heterocycles. The van der Waals surface area contributed by atoms with Gasteiger partial charge in [0.1, 0.15) is 5.82 Å². The number of aromatic nitrogens is 2. The average Bonchev–Trinajstić information content (AvgIpc) is 2.96. The van der Waals surface area contributed by atoms with E-state index in [1.54, 1.807) is 6.07 Å². The van der Waals surface area contributed by atoms with Crippen LogP contribution in [0.5, 0.6) is 0 Å². The average molecular weight is 291 g/mol. The van der Waals surface area contributed by atoms with Crippen LogP contribution < -0.4 is 5.32 Å². The molecule has 0 radical (unpaired) electrons. The van der Waals surface area contributed by atoms with Gasteiger partial charge in [-0.05, 0) is 37.5 Å². The largest absolute Gasteiger partial charge is 0.335 e. The standard InChI is InChI=1S/C16H19F2N3/c1-11(12-4-5-14(17)15(18)9-12)20-10-13-3-2-7-21-8-6-19-16(13)21/h4-6,8-9,11,13,20H,2-3,7,10H2,1H3/t11-,13+/m1/s1. The van der Waals surface area contributed by atoms with Crippen molar-refractivity contribution in [1.29, 1.82) is 0 Å².